The van der Waals surface area contributed by atoms with Crippen molar-refractivity contribution in [3.63, 3.8) is 0 Å². The van der Waals surface area contributed by atoms with Crippen LogP contribution in [0.1, 0.15) is 11.1 Å². The van der Waals surface area contributed by atoms with Gasteiger partial charge in [0.1, 0.15) is 5.75 Å². The fraction of sp³-hybridized carbons (Fsp3) is 0.250. The van der Waals surface area contributed by atoms with Crippen molar-refractivity contribution in [3.8, 4) is 5.75 Å². The third-order valence-electron chi connectivity index (χ3n) is 2.87. The van der Waals surface area contributed by atoms with Crippen LogP contribution in [0.15, 0.2) is 53.4 Å². The fourth-order valence-electron chi connectivity index (χ4n) is 1.79. The average molecular weight is 274 g/mol. The van der Waals surface area contributed by atoms with Gasteiger partial charge >= 0.3 is 0 Å². The summed E-state index contributed by atoms with van der Waals surface area (Å²) < 4.78 is 0. The van der Waals surface area contributed by atoms with Gasteiger partial charge in [-0.3, -0.25) is 0 Å². The first-order chi connectivity index (χ1) is 9.13. The minimum absolute atomic E-state index is 0.257. The smallest absolute Gasteiger partial charge is 0.115 e. The first-order valence-electron chi connectivity index (χ1n) is 6.29. The first kappa shape index (κ1) is 14.0. The maximum Gasteiger partial charge on any atom is 0.115 e. The van der Waals surface area contributed by atoms with Gasteiger partial charge in [0.25, 0.3) is 0 Å². The minimum Gasteiger partial charge on any atom is -0.508 e. The fourth-order valence-corrected chi connectivity index (χ4v) is 2.62. The van der Waals surface area contributed by atoms with Crippen LogP contribution in [-0.2, 0) is 6.42 Å². The Bertz CT molecular complexity index is 505. The molecule has 0 amide bonds. The maximum absolute atomic E-state index is 10.0. The molecule has 0 bridgehead atoms. The number of phenolic OH excluding ortho intramolecular Hbond substituents is 1. The van der Waals surface area contributed by atoms with E-state index in [0.717, 1.165) is 5.56 Å². The molecule has 0 saturated carbocycles. The Labute approximate surface area is 118 Å². The molecule has 2 aromatic carbocycles. The van der Waals surface area contributed by atoms with Crippen LogP contribution in [0.4, 0.5) is 0 Å². The van der Waals surface area contributed by atoms with Crippen LogP contribution in [0.25, 0.3) is 0 Å². The zero-order valence-electron chi connectivity index (χ0n) is 10.9. The van der Waals surface area contributed by atoms with E-state index in [-0.39, 0.29) is 11.9 Å². The summed E-state index contributed by atoms with van der Waals surface area (Å²) in [6.45, 7) is 2.06. The van der Waals surface area contributed by atoms with Crippen LogP contribution in [0, 0.1) is 6.92 Å². The lowest BCUT2D eigenvalue weighted by Crippen LogP contribution is -2.13. The van der Waals surface area contributed by atoms with Gasteiger partial charge in [0.05, 0.1) is 6.10 Å². The highest BCUT2D eigenvalue weighted by molar-refractivity contribution is 7.99. The summed E-state index contributed by atoms with van der Waals surface area (Å²) in [6, 6.07) is 15.3. The number of phenols is 1. The second-order valence-corrected chi connectivity index (χ2v) is 5.74. The van der Waals surface area contributed by atoms with Gasteiger partial charge in [-0.05, 0) is 43.2 Å². The number of aliphatic hydroxyl groups is 1. The molecule has 19 heavy (non-hydrogen) atoms. The molecule has 2 N–H and O–H groups in total. The Morgan fingerprint density at radius 1 is 1.00 bits per heavy atom. The van der Waals surface area contributed by atoms with Crippen molar-refractivity contribution in [2.75, 3.05) is 5.75 Å². The standard InChI is InChI=1S/C16H18O2S/c1-12-2-8-16(9-3-12)19-11-15(18)10-13-4-6-14(17)7-5-13/h2-9,15,17-18H,10-11H2,1H3. The van der Waals surface area contributed by atoms with Gasteiger partial charge in [-0.25, -0.2) is 0 Å². The number of benzene rings is 2. The number of hydrogen-bond acceptors (Lipinski definition) is 3. The predicted molar refractivity (Wildman–Crippen MR) is 79.7 cm³/mol. The zero-order chi connectivity index (χ0) is 13.7. The van der Waals surface area contributed by atoms with Gasteiger partial charge in [0, 0.05) is 10.6 Å². The van der Waals surface area contributed by atoms with Crippen molar-refractivity contribution in [1.82, 2.24) is 0 Å². The van der Waals surface area contributed by atoms with E-state index in [0.29, 0.717) is 12.2 Å². The second kappa shape index (κ2) is 6.64. The molecule has 1 atom stereocenters. The van der Waals surface area contributed by atoms with Gasteiger partial charge in [0.2, 0.25) is 0 Å². The molecule has 2 rings (SSSR count). The maximum atomic E-state index is 10.0. The number of thioether (sulfide) groups is 1. The van der Waals surface area contributed by atoms with E-state index < -0.39 is 0 Å². The van der Waals surface area contributed by atoms with Gasteiger partial charge < -0.3 is 10.2 Å². The lowest BCUT2D eigenvalue weighted by molar-refractivity contribution is 0.200. The first-order valence-corrected chi connectivity index (χ1v) is 7.27. The molecule has 0 aliphatic heterocycles. The molecule has 0 heterocycles. The topological polar surface area (TPSA) is 40.5 Å². The van der Waals surface area contributed by atoms with E-state index in [2.05, 4.69) is 31.2 Å². The van der Waals surface area contributed by atoms with Crippen molar-refractivity contribution in [2.45, 2.75) is 24.3 Å². The lowest BCUT2D eigenvalue weighted by atomic mass is 10.1. The van der Waals surface area contributed by atoms with Crippen molar-refractivity contribution < 1.29 is 10.2 Å². The van der Waals surface area contributed by atoms with Crippen molar-refractivity contribution in [3.05, 3.63) is 59.7 Å². The van der Waals surface area contributed by atoms with Gasteiger partial charge in [-0.1, -0.05) is 29.8 Å². The van der Waals surface area contributed by atoms with Crippen molar-refractivity contribution in [1.29, 1.82) is 0 Å². The molecule has 100 valence electrons. The van der Waals surface area contributed by atoms with E-state index in [4.69, 9.17) is 0 Å². The summed E-state index contributed by atoms with van der Waals surface area (Å²) >= 11 is 1.66. The lowest BCUT2D eigenvalue weighted by Gasteiger charge is -2.10. The molecule has 0 aliphatic carbocycles. The third kappa shape index (κ3) is 4.62. The van der Waals surface area contributed by atoms with Crippen molar-refractivity contribution >= 4 is 11.8 Å². The highest BCUT2D eigenvalue weighted by atomic mass is 32.2. The number of aryl methyl sites for hydroxylation is 1. The highest BCUT2D eigenvalue weighted by Gasteiger charge is 2.06. The molecule has 0 aliphatic rings. The summed E-state index contributed by atoms with van der Waals surface area (Å²) in [6.07, 6.45) is 0.231. The quantitative estimate of drug-likeness (QED) is 0.821. The summed E-state index contributed by atoms with van der Waals surface area (Å²) in [5, 5.41) is 19.2. The van der Waals surface area contributed by atoms with Crippen LogP contribution in [0.2, 0.25) is 0 Å². The highest BCUT2D eigenvalue weighted by Crippen LogP contribution is 2.20. The van der Waals surface area contributed by atoms with Crippen LogP contribution in [0.3, 0.4) is 0 Å². The number of aromatic hydroxyl groups is 1. The van der Waals surface area contributed by atoms with Gasteiger partial charge in [-0.2, -0.15) is 0 Å². The number of rotatable bonds is 5. The molecule has 2 aromatic rings. The van der Waals surface area contributed by atoms with Crippen LogP contribution in [0.5, 0.6) is 5.75 Å². The van der Waals surface area contributed by atoms with E-state index >= 15 is 0 Å². The number of aliphatic hydroxyl groups excluding tert-OH is 1. The van der Waals surface area contributed by atoms with E-state index in [9.17, 15) is 10.2 Å². The monoisotopic (exact) mass is 274 g/mol. The molecule has 2 nitrogen and oxygen atoms in total. The summed E-state index contributed by atoms with van der Waals surface area (Å²) in [4.78, 5) is 1.18. The van der Waals surface area contributed by atoms with E-state index in [1.807, 2.05) is 12.1 Å². The predicted octanol–water partition coefficient (Wildman–Crippen LogP) is 3.40. The normalized spacial score (nSPS) is 12.3. The van der Waals surface area contributed by atoms with Crippen molar-refractivity contribution in [2.24, 2.45) is 0 Å². The molecule has 3 heteroatoms. The molecular formula is C16H18O2S. The zero-order valence-corrected chi connectivity index (χ0v) is 11.7. The molecule has 0 saturated heterocycles. The van der Waals surface area contributed by atoms with E-state index in [1.165, 1.54) is 10.5 Å². The summed E-state index contributed by atoms with van der Waals surface area (Å²) in [7, 11) is 0. The van der Waals surface area contributed by atoms with Crippen LogP contribution < -0.4 is 0 Å². The van der Waals surface area contributed by atoms with Crippen LogP contribution in [-0.4, -0.2) is 22.1 Å². The Hall–Kier alpha value is -1.45. The van der Waals surface area contributed by atoms with Gasteiger partial charge in [0.15, 0.2) is 0 Å². The molecular weight excluding hydrogens is 256 g/mol. The van der Waals surface area contributed by atoms with E-state index in [1.54, 1.807) is 23.9 Å². The van der Waals surface area contributed by atoms with Gasteiger partial charge in [-0.15, -0.1) is 11.8 Å². The Morgan fingerprint density at radius 2 is 1.63 bits per heavy atom. The molecule has 1 unspecified atom stereocenters. The Balaban J connectivity index is 1.82. The molecule has 0 spiro atoms. The molecule has 0 radical (unpaired) electrons. The molecule has 0 fully saturated rings. The third-order valence-corrected chi connectivity index (χ3v) is 4.03. The summed E-state index contributed by atoms with van der Waals surface area (Å²) in [5.41, 5.74) is 2.28. The minimum atomic E-state index is -0.379. The number of hydrogen-bond donors (Lipinski definition) is 2. The average Bonchev–Trinajstić information content (AvgIpc) is 2.41. The second-order valence-electron chi connectivity index (χ2n) is 4.65. The largest absolute Gasteiger partial charge is 0.508 e. The summed E-state index contributed by atoms with van der Waals surface area (Å²) in [5.74, 6) is 0.927. The Morgan fingerprint density at radius 3 is 2.26 bits per heavy atom. The SMILES string of the molecule is Cc1ccc(SCC(O)Cc2ccc(O)cc2)cc1. The van der Waals surface area contributed by atoms with Crippen LogP contribution >= 0.6 is 11.8 Å². The molecule has 0 aromatic heterocycles. The Kier molecular flexibility index (Phi) is 4.88.